The summed E-state index contributed by atoms with van der Waals surface area (Å²) in [5.74, 6) is -28.4. The minimum Gasteiger partial charge on any atom is -0.508 e. The monoisotopic (exact) mass is 1870 g/mol. The van der Waals surface area contributed by atoms with Gasteiger partial charge in [-0.25, -0.2) is 0 Å². The van der Waals surface area contributed by atoms with Crippen molar-refractivity contribution < 1.29 is 136 Å². The third kappa shape index (κ3) is 43.0. The molecule has 1 aliphatic rings. The first-order valence-corrected chi connectivity index (χ1v) is 43.5. The van der Waals surface area contributed by atoms with E-state index in [0.29, 0.717) is 0 Å². The predicted molar refractivity (Wildman–Crippen MR) is 466 cm³/mol. The average Bonchev–Trinajstić information content (AvgIpc) is 1.63. The molecule has 0 spiro atoms. The summed E-state index contributed by atoms with van der Waals surface area (Å²) in [6.07, 6.45) is -10.4. The van der Waals surface area contributed by atoms with Crippen LogP contribution in [0.4, 0.5) is 0 Å². The molecule has 0 bridgehead atoms. The third-order valence-electron chi connectivity index (χ3n) is 20.9. The van der Waals surface area contributed by atoms with E-state index in [4.69, 9.17) is 34.4 Å². The fraction of sp³-hybridized carbons (Fsp3) is 0.651. The number of benzene rings is 1. The number of phenolic OH excluding ortho intramolecular Hbond substituents is 1. The van der Waals surface area contributed by atoms with Gasteiger partial charge in [0.2, 0.25) is 118 Å². The highest BCUT2D eigenvalue weighted by atomic mass is 16.4. The lowest BCUT2D eigenvalue weighted by Crippen LogP contribution is -2.62. The number of primary amides is 5. The smallest absolute Gasteiger partial charge is 0.305 e. The molecule has 1 saturated heterocycles. The Morgan fingerprint density at radius 2 is 0.727 bits per heavy atom. The van der Waals surface area contributed by atoms with Gasteiger partial charge in [-0.05, 0) is 138 Å². The number of aliphatic carboxylic acids is 3. The Bertz CT molecular complexity index is 4210. The van der Waals surface area contributed by atoms with Crippen LogP contribution >= 0.6 is 0 Å². The number of unbranched alkanes of at least 4 members (excludes halogenated alkanes) is 1. The Kier molecular flexibility index (Phi) is 50.2. The quantitative estimate of drug-likeness (QED) is 0.0270. The molecule has 132 heavy (non-hydrogen) atoms. The molecule has 0 radical (unpaired) electrons. The van der Waals surface area contributed by atoms with Crippen LogP contribution in [0.25, 0.3) is 0 Å². The molecule has 1 aromatic rings. The molecule has 0 unspecified atom stereocenters. The first-order chi connectivity index (χ1) is 61.7. The van der Waals surface area contributed by atoms with Gasteiger partial charge in [0.15, 0.2) is 0 Å². The third-order valence-corrected chi connectivity index (χ3v) is 20.9. The molecule has 0 saturated carbocycles. The van der Waals surface area contributed by atoms with E-state index in [1.807, 2.05) is 0 Å². The number of carboxylic acids is 3. The summed E-state index contributed by atoms with van der Waals surface area (Å²) in [6, 6.07) is -20.2. The lowest BCUT2D eigenvalue weighted by molar-refractivity contribution is -0.144. The van der Waals surface area contributed by atoms with Crippen LogP contribution in [0.2, 0.25) is 0 Å². The number of rotatable bonds is 63. The molecule has 2 rings (SSSR count). The van der Waals surface area contributed by atoms with E-state index in [2.05, 4.69) is 74.4 Å². The maximum atomic E-state index is 14.9. The molecule has 738 valence electrons. The van der Waals surface area contributed by atoms with E-state index in [1.54, 1.807) is 55.4 Å². The Hall–Kier alpha value is -13.2. The van der Waals surface area contributed by atoms with Crippen LogP contribution in [-0.4, -0.2) is 276 Å². The number of carboxylic acid groups (broad SMARTS) is 3. The Morgan fingerprint density at radius 3 is 1.09 bits per heavy atom. The van der Waals surface area contributed by atoms with E-state index >= 15 is 0 Å². The number of aliphatic hydroxyl groups excluding tert-OH is 1. The molecule has 20 amide bonds. The maximum absolute atomic E-state index is 14.9. The van der Waals surface area contributed by atoms with Crippen LogP contribution in [-0.2, 0) is 117 Å². The Balaban J connectivity index is 2.64. The van der Waals surface area contributed by atoms with Crippen LogP contribution in [0.3, 0.4) is 0 Å². The molecule has 0 aliphatic carbocycles. The van der Waals surface area contributed by atoms with Gasteiger partial charge >= 0.3 is 17.9 Å². The van der Waals surface area contributed by atoms with Gasteiger partial charge in [0.1, 0.15) is 96.4 Å². The first kappa shape index (κ1) is 115. The minimum atomic E-state index is -1.99. The Labute approximate surface area is 762 Å². The van der Waals surface area contributed by atoms with Crippen LogP contribution in [0.5, 0.6) is 5.75 Å². The van der Waals surface area contributed by atoms with Gasteiger partial charge < -0.3 is 139 Å². The number of carbonyl (C=O) groups excluding carboxylic acids is 20. The number of carbonyl (C=O) groups is 23. The number of nitrogens with two attached hydrogens (primary N) is 6. The van der Waals surface area contributed by atoms with Gasteiger partial charge in [0.25, 0.3) is 0 Å². The van der Waals surface area contributed by atoms with E-state index in [9.17, 15) is 136 Å². The molecule has 1 aliphatic heterocycles. The second kappa shape index (κ2) is 57.7. The van der Waals surface area contributed by atoms with Gasteiger partial charge in [-0.15, -0.1) is 0 Å². The molecular formula is C83H133N21O28. The van der Waals surface area contributed by atoms with Crippen molar-refractivity contribution in [3.63, 3.8) is 0 Å². The highest BCUT2D eigenvalue weighted by Crippen LogP contribution is 2.23. The van der Waals surface area contributed by atoms with Crippen LogP contribution < -0.4 is 109 Å². The molecule has 1 heterocycles. The molecular weight excluding hydrogens is 1740 g/mol. The van der Waals surface area contributed by atoms with Crippen molar-refractivity contribution in [3.05, 3.63) is 29.8 Å². The first-order valence-electron chi connectivity index (χ1n) is 43.5. The number of phenols is 1. The summed E-state index contributed by atoms with van der Waals surface area (Å²) in [6.45, 7) is 15.1. The average molecular weight is 1870 g/mol. The topological polar surface area (TPSA) is 822 Å². The number of likely N-dealkylation sites (tertiary alicyclic amines) is 1. The summed E-state index contributed by atoms with van der Waals surface area (Å²) < 4.78 is 0. The van der Waals surface area contributed by atoms with Crippen molar-refractivity contribution in [2.24, 2.45) is 58.1 Å². The normalized spacial score (nSPS) is 16.0. The Morgan fingerprint density at radius 1 is 0.386 bits per heavy atom. The standard InChI is InChI=1S/C83H133N21O28/c1-11-42(8)67(102-80(129)55(35-41(6)7)97-73(122)49(22-27-61(86)109)96-79(128)58(38-66(116)117)90-44(10)106)82(131)101-56(36-45-17-19-46(107)20-18-45)77(126)100-57(37-63(88)111)78(127)99-54(34-40(4)5)76(125)98-53(33-39(2)3)75(124)92-48(15-12-13-31-84)70(119)94-51(24-29-64(112)113)72(121)95-52(25-30-65(114)115)71(120)93-50(23-28-62(87)110)74(123)103-68(43(9)105)83(132)104-32-14-16-59(104)81(130)91-47(69(89)118)21-26-60(85)108/h17-20,39-43,47-59,67-68,105,107H,11-16,21-38,84H2,1-10H3,(H2,85,108)(H2,86,109)(H2,87,110)(H2,88,111)(H2,89,118)(H,90,106)(H,91,130)(H,92,124)(H,93,120)(H,94,119)(H,95,121)(H,96,128)(H,97,122)(H,98,125)(H,99,127)(H,100,126)(H,101,131)(H,102,129)(H,103,123)(H,112,113)(H,114,115)(H,116,117)/t42-,43+,47-,48-,49-,50-,51-,52-,53-,54-,55-,56-,57-,58-,59+,67-,68-/m0/s1. The van der Waals surface area contributed by atoms with Gasteiger partial charge in [-0.3, -0.25) is 110 Å². The fourth-order valence-corrected chi connectivity index (χ4v) is 13.8. The minimum absolute atomic E-state index is 0.00636. The van der Waals surface area contributed by atoms with Gasteiger partial charge in [-0.1, -0.05) is 73.9 Å². The molecule has 1 fully saturated rings. The lowest BCUT2D eigenvalue weighted by Gasteiger charge is -2.31. The number of aromatic hydroxyl groups is 1. The van der Waals surface area contributed by atoms with Crippen molar-refractivity contribution in [1.82, 2.24) is 79.3 Å². The van der Waals surface area contributed by atoms with E-state index in [-0.39, 0.29) is 101 Å². The zero-order chi connectivity index (χ0) is 100. The maximum Gasteiger partial charge on any atom is 0.305 e. The molecule has 1 aromatic carbocycles. The number of hydrogen-bond acceptors (Lipinski definition) is 26. The van der Waals surface area contributed by atoms with Crippen molar-refractivity contribution in [2.45, 2.75) is 307 Å². The number of hydrogen-bond donors (Lipinski definition) is 25. The van der Waals surface area contributed by atoms with Crippen LogP contribution in [0.15, 0.2) is 24.3 Å². The molecule has 49 heteroatoms. The SMILES string of the molecule is CC[C@H](C)[C@H](NC(=O)[C@H](CC(C)C)NC(=O)[C@H](CCC(N)=O)NC(=O)[C@H](CC(=O)O)NC(C)=O)C(=O)N[C@@H](Cc1ccc(O)cc1)C(=O)N[C@@H](CC(N)=O)C(=O)N[C@@H](CC(C)C)C(=O)N[C@@H](CC(C)C)C(=O)N[C@@H](CCCCN)C(=O)N[C@@H](CCC(=O)O)C(=O)N[C@@H](CCC(=O)O)C(=O)N[C@@H](CCC(N)=O)C(=O)N[C@H](C(=O)N1CCC[C@@H]1C(=O)N[C@@H](CCC(N)=O)C(N)=O)[C@@H](C)O. The van der Waals surface area contributed by atoms with E-state index in [1.165, 1.54) is 24.3 Å². The second-order valence-corrected chi connectivity index (χ2v) is 33.8. The van der Waals surface area contributed by atoms with Crippen molar-refractivity contribution in [1.29, 1.82) is 0 Å². The number of aliphatic hydroxyl groups is 1. The van der Waals surface area contributed by atoms with Crippen molar-refractivity contribution >= 4 is 136 Å². The summed E-state index contributed by atoms with van der Waals surface area (Å²) in [4.78, 5) is 311. The molecule has 31 N–H and O–H groups in total. The number of amides is 20. The number of nitrogens with one attached hydrogen (secondary N) is 14. The number of nitrogens with zero attached hydrogens (tertiary/aromatic N) is 1. The lowest BCUT2D eigenvalue weighted by atomic mass is 9.95. The molecule has 17 atom stereocenters. The van der Waals surface area contributed by atoms with Gasteiger partial charge in [0, 0.05) is 52.0 Å². The largest absolute Gasteiger partial charge is 0.508 e. The molecule has 0 aromatic heterocycles. The summed E-state index contributed by atoms with van der Waals surface area (Å²) in [7, 11) is 0. The van der Waals surface area contributed by atoms with E-state index < -0.39 is 321 Å². The van der Waals surface area contributed by atoms with Crippen molar-refractivity contribution in [3.8, 4) is 5.75 Å². The van der Waals surface area contributed by atoms with Crippen LogP contribution in [0.1, 0.15) is 210 Å². The van der Waals surface area contributed by atoms with Gasteiger partial charge in [-0.2, -0.15) is 0 Å². The molecule has 49 nitrogen and oxygen atoms in total. The van der Waals surface area contributed by atoms with Crippen molar-refractivity contribution in [2.75, 3.05) is 13.1 Å². The zero-order valence-electron chi connectivity index (χ0n) is 75.9. The highest BCUT2D eigenvalue weighted by molar-refractivity contribution is 6.02. The highest BCUT2D eigenvalue weighted by Gasteiger charge is 2.44. The summed E-state index contributed by atoms with van der Waals surface area (Å²) >= 11 is 0. The zero-order valence-corrected chi connectivity index (χ0v) is 75.9. The van der Waals surface area contributed by atoms with E-state index in [0.717, 1.165) is 18.7 Å². The van der Waals surface area contributed by atoms with Crippen LogP contribution in [0, 0.1) is 23.7 Å². The second-order valence-electron chi connectivity index (χ2n) is 33.8. The fourth-order valence-electron chi connectivity index (χ4n) is 13.8. The summed E-state index contributed by atoms with van der Waals surface area (Å²) in [5, 5.41) is 84.1. The van der Waals surface area contributed by atoms with Gasteiger partial charge in [0.05, 0.1) is 18.9 Å². The summed E-state index contributed by atoms with van der Waals surface area (Å²) in [5.41, 5.74) is 33.2. The predicted octanol–water partition coefficient (Wildman–Crippen LogP) is -7.21.